The molecule has 0 spiro atoms. The van der Waals surface area contributed by atoms with Crippen molar-refractivity contribution in [2.45, 2.75) is 0 Å². The van der Waals surface area contributed by atoms with Crippen LogP contribution in [0.5, 0.6) is 0 Å². The second-order valence-electron chi connectivity index (χ2n) is 5.45. The van der Waals surface area contributed by atoms with Crippen LogP contribution < -0.4 is 5.56 Å². The van der Waals surface area contributed by atoms with E-state index in [1.54, 1.807) is 29.0 Å². The molecule has 0 unspecified atom stereocenters. The third-order valence-corrected chi connectivity index (χ3v) is 4.47. The van der Waals surface area contributed by atoms with Crippen molar-refractivity contribution in [2.24, 2.45) is 0 Å². The Hall–Kier alpha value is -2.63. The van der Waals surface area contributed by atoms with Crippen molar-refractivity contribution in [3.05, 3.63) is 81.2 Å². The van der Waals surface area contributed by atoms with Crippen LogP contribution in [0.15, 0.2) is 59.8 Å². The van der Waals surface area contributed by atoms with Gasteiger partial charge < -0.3 is 9.55 Å². The number of nitrogens with one attached hydrogen (secondary N) is 1. The third-order valence-electron chi connectivity index (χ3n) is 3.93. The third kappa shape index (κ3) is 2.71. The van der Waals surface area contributed by atoms with Crippen molar-refractivity contribution in [1.29, 1.82) is 0 Å². The quantitative estimate of drug-likeness (QED) is 0.547. The number of hydrogen-bond acceptors (Lipinski definition) is 2. The fraction of sp³-hybridized carbons (Fsp3) is 0. The normalized spacial score (nSPS) is 11.2. The standard InChI is InChI=1S/C18H10Cl2FN3O/c19-11-3-1-10(2-4-11)13-8-24(12-5-6-15(21)14(20)7-12)17-16(13)18(25)23-9-22-17/h1-9H,(H,22,23,25). The largest absolute Gasteiger partial charge is 0.312 e. The Balaban J connectivity index is 2.03. The molecule has 2 aromatic heterocycles. The van der Waals surface area contributed by atoms with Gasteiger partial charge in [0, 0.05) is 22.5 Å². The molecule has 0 aliphatic rings. The molecule has 2 heterocycles. The predicted octanol–water partition coefficient (Wildman–Crippen LogP) is 4.83. The van der Waals surface area contributed by atoms with E-state index in [0.717, 1.165) is 5.56 Å². The monoisotopic (exact) mass is 373 g/mol. The minimum atomic E-state index is -0.509. The van der Waals surface area contributed by atoms with E-state index in [4.69, 9.17) is 23.2 Å². The molecule has 0 aliphatic heterocycles. The summed E-state index contributed by atoms with van der Waals surface area (Å²) in [4.78, 5) is 19.3. The molecule has 0 saturated carbocycles. The van der Waals surface area contributed by atoms with Gasteiger partial charge in [-0.3, -0.25) is 4.79 Å². The summed E-state index contributed by atoms with van der Waals surface area (Å²) in [6, 6.07) is 11.5. The average Bonchev–Trinajstić information content (AvgIpc) is 2.99. The summed E-state index contributed by atoms with van der Waals surface area (Å²) in [6.07, 6.45) is 3.11. The zero-order chi connectivity index (χ0) is 17.6. The first-order valence-corrected chi connectivity index (χ1v) is 8.10. The highest BCUT2D eigenvalue weighted by Crippen LogP contribution is 2.31. The van der Waals surface area contributed by atoms with Crippen molar-refractivity contribution >= 4 is 34.2 Å². The summed E-state index contributed by atoms with van der Waals surface area (Å²) in [5.41, 5.74) is 2.31. The lowest BCUT2D eigenvalue weighted by atomic mass is 10.1. The van der Waals surface area contributed by atoms with Crippen LogP contribution in [0.1, 0.15) is 0 Å². The molecule has 0 atom stereocenters. The van der Waals surface area contributed by atoms with E-state index in [-0.39, 0.29) is 10.6 Å². The van der Waals surface area contributed by atoms with E-state index in [0.29, 0.717) is 27.3 Å². The van der Waals surface area contributed by atoms with Crippen LogP contribution in [-0.2, 0) is 0 Å². The molecule has 0 radical (unpaired) electrons. The average molecular weight is 374 g/mol. The first kappa shape index (κ1) is 15.9. The van der Waals surface area contributed by atoms with Gasteiger partial charge in [0.1, 0.15) is 5.82 Å². The van der Waals surface area contributed by atoms with Crippen molar-refractivity contribution in [3.8, 4) is 16.8 Å². The SMILES string of the molecule is O=c1[nH]cnc2c1c(-c1ccc(Cl)cc1)cn2-c1ccc(F)c(Cl)c1. The molecule has 4 aromatic rings. The second-order valence-corrected chi connectivity index (χ2v) is 6.29. The highest BCUT2D eigenvalue weighted by atomic mass is 35.5. The van der Waals surface area contributed by atoms with Crippen molar-refractivity contribution < 1.29 is 4.39 Å². The minimum Gasteiger partial charge on any atom is -0.312 e. The highest BCUT2D eigenvalue weighted by Gasteiger charge is 2.16. The van der Waals surface area contributed by atoms with Crippen LogP contribution in [0.3, 0.4) is 0 Å². The molecule has 0 fully saturated rings. The highest BCUT2D eigenvalue weighted by molar-refractivity contribution is 6.31. The maximum Gasteiger partial charge on any atom is 0.260 e. The number of aromatic nitrogens is 3. The molecule has 25 heavy (non-hydrogen) atoms. The fourth-order valence-electron chi connectivity index (χ4n) is 2.75. The van der Waals surface area contributed by atoms with Gasteiger partial charge in [0.2, 0.25) is 0 Å². The van der Waals surface area contributed by atoms with Gasteiger partial charge in [-0.2, -0.15) is 0 Å². The van der Waals surface area contributed by atoms with Gasteiger partial charge in [-0.25, -0.2) is 9.37 Å². The summed E-state index contributed by atoms with van der Waals surface area (Å²) in [7, 11) is 0. The van der Waals surface area contributed by atoms with Crippen LogP contribution in [0.4, 0.5) is 4.39 Å². The number of H-pyrrole nitrogens is 1. The minimum absolute atomic E-state index is 0.00256. The van der Waals surface area contributed by atoms with Crippen molar-refractivity contribution in [3.63, 3.8) is 0 Å². The van der Waals surface area contributed by atoms with E-state index in [2.05, 4.69) is 9.97 Å². The van der Waals surface area contributed by atoms with Gasteiger partial charge in [-0.05, 0) is 35.9 Å². The predicted molar refractivity (Wildman–Crippen MR) is 97.1 cm³/mol. The van der Waals surface area contributed by atoms with Gasteiger partial charge >= 0.3 is 0 Å². The van der Waals surface area contributed by atoms with Crippen LogP contribution in [-0.4, -0.2) is 14.5 Å². The molecule has 0 amide bonds. The maximum atomic E-state index is 13.5. The molecular formula is C18H10Cl2FN3O. The molecule has 124 valence electrons. The van der Waals surface area contributed by atoms with Crippen LogP contribution in [0.2, 0.25) is 10.0 Å². The topological polar surface area (TPSA) is 50.7 Å². The van der Waals surface area contributed by atoms with Crippen molar-refractivity contribution in [1.82, 2.24) is 14.5 Å². The molecule has 0 saturated heterocycles. The van der Waals surface area contributed by atoms with Crippen LogP contribution >= 0.6 is 23.2 Å². The second kappa shape index (κ2) is 6.02. The van der Waals surface area contributed by atoms with Gasteiger partial charge in [0.25, 0.3) is 5.56 Å². The Kier molecular flexibility index (Phi) is 3.82. The van der Waals surface area contributed by atoms with E-state index < -0.39 is 5.82 Å². The number of halogens is 3. The number of nitrogens with zero attached hydrogens (tertiary/aromatic N) is 2. The number of rotatable bonds is 2. The summed E-state index contributed by atoms with van der Waals surface area (Å²) >= 11 is 11.8. The molecule has 4 rings (SSSR count). The van der Waals surface area contributed by atoms with Gasteiger partial charge in [-0.15, -0.1) is 0 Å². The summed E-state index contributed by atoms with van der Waals surface area (Å²) in [6.45, 7) is 0. The zero-order valence-corrected chi connectivity index (χ0v) is 14.1. The van der Waals surface area contributed by atoms with Gasteiger partial charge in [0.05, 0.1) is 16.7 Å². The molecule has 0 aliphatic carbocycles. The summed E-state index contributed by atoms with van der Waals surface area (Å²) in [5, 5.41) is 1.03. The Morgan fingerprint density at radius 1 is 1.08 bits per heavy atom. The Morgan fingerprint density at radius 3 is 2.56 bits per heavy atom. The molecule has 2 aromatic carbocycles. The van der Waals surface area contributed by atoms with E-state index in [9.17, 15) is 9.18 Å². The number of fused-ring (bicyclic) bond motifs is 1. The fourth-order valence-corrected chi connectivity index (χ4v) is 3.05. The lowest BCUT2D eigenvalue weighted by Crippen LogP contribution is -2.07. The van der Waals surface area contributed by atoms with Crippen molar-refractivity contribution in [2.75, 3.05) is 0 Å². The number of hydrogen-bond donors (Lipinski definition) is 1. The zero-order valence-electron chi connectivity index (χ0n) is 12.6. The molecule has 0 bridgehead atoms. The summed E-state index contributed by atoms with van der Waals surface area (Å²) in [5.74, 6) is -0.509. The molecular weight excluding hydrogens is 364 g/mol. The number of benzene rings is 2. The first-order valence-electron chi connectivity index (χ1n) is 7.35. The van der Waals surface area contributed by atoms with Crippen LogP contribution in [0.25, 0.3) is 27.8 Å². The summed E-state index contributed by atoms with van der Waals surface area (Å²) < 4.78 is 15.2. The van der Waals surface area contributed by atoms with Gasteiger partial charge in [0.15, 0.2) is 5.65 Å². The van der Waals surface area contributed by atoms with E-state index in [1.807, 2.05) is 12.1 Å². The lowest BCUT2D eigenvalue weighted by molar-refractivity contribution is 0.628. The van der Waals surface area contributed by atoms with Crippen LogP contribution in [0, 0.1) is 5.82 Å². The Morgan fingerprint density at radius 2 is 1.84 bits per heavy atom. The van der Waals surface area contributed by atoms with Gasteiger partial charge in [-0.1, -0.05) is 35.3 Å². The molecule has 4 nitrogen and oxygen atoms in total. The number of aromatic amines is 1. The smallest absolute Gasteiger partial charge is 0.260 e. The van der Waals surface area contributed by atoms with E-state index in [1.165, 1.54) is 18.5 Å². The lowest BCUT2D eigenvalue weighted by Gasteiger charge is -2.05. The Labute approximate surface area is 151 Å². The molecule has 7 heteroatoms. The van der Waals surface area contributed by atoms with E-state index >= 15 is 0 Å². The first-order chi connectivity index (χ1) is 12.0. The Bertz CT molecular complexity index is 1150. The molecule has 1 N–H and O–H groups in total. The maximum absolute atomic E-state index is 13.5.